The summed E-state index contributed by atoms with van der Waals surface area (Å²) in [6, 6.07) is 7.62. The summed E-state index contributed by atoms with van der Waals surface area (Å²) >= 11 is 1.18. The molecule has 0 saturated carbocycles. The number of aromatic nitrogens is 1. The van der Waals surface area contributed by atoms with E-state index in [2.05, 4.69) is 15.8 Å². The van der Waals surface area contributed by atoms with E-state index < -0.39 is 0 Å². The van der Waals surface area contributed by atoms with E-state index in [1.54, 1.807) is 25.1 Å². The highest BCUT2D eigenvalue weighted by atomic mass is 32.2. The fourth-order valence-electron chi connectivity index (χ4n) is 1.74. The number of halogens is 1. The predicted molar refractivity (Wildman–Crippen MR) is 85.4 cm³/mol. The van der Waals surface area contributed by atoms with Gasteiger partial charge in [-0.05, 0) is 24.6 Å². The highest BCUT2D eigenvalue weighted by molar-refractivity contribution is 8.00. The lowest BCUT2D eigenvalue weighted by Gasteiger charge is -2.05. The van der Waals surface area contributed by atoms with E-state index in [0.717, 1.165) is 0 Å². The summed E-state index contributed by atoms with van der Waals surface area (Å²) in [6.45, 7) is 1.97. The highest BCUT2D eigenvalue weighted by Gasteiger charge is 2.08. The van der Waals surface area contributed by atoms with Gasteiger partial charge >= 0.3 is 0 Å². The molecular formula is C15H16FN3O3S. The van der Waals surface area contributed by atoms with E-state index in [1.165, 1.54) is 23.9 Å². The molecule has 1 aromatic carbocycles. The molecule has 23 heavy (non-hydrogen) atoms. The minimum Gasteiger partial charge on any atom is -0.360 e. The van der Waals surface area contributed by atoms with Gasteiger partial charge in [-0.25, -0.2) is 4.39 Å². The van der Waals surface area contributed by atoms with E-state index in [0.29, 0.717) is 17.1 Å². The molecule has 0 atom stereocenters. The Bertz CT molecular complexity index is 690. The quantitative estimate of drug-likeness (QED) is 0.808. The van der Waals surface area contributed by atoms with Crippen LogP contribution in [0, 0.1) is 12.7 Å². The molecule has 2 aromatic rings. The van der Waals surface area contributed by atoms with Gasteiger partial charge in [-0.1, -0.05) is 17.3 Å². The number of nitrogens with one attached hydrogen (secondary N) is 2. The summed E-state index contributed by atoms with van der Waals surface area (Å²) < 4.78 is 17.8. The summed E-state index contributed by atoms with van der Waals surface area (Å²) in [4.78, 5) is 23.3. The van der Waals surface area contributed by atoms with Crippen molar-refractivity contribution in [3.05, 3.63) is 47.5 Å². The molecule has 1 heterocycles. The third-order valence-electron chi connectivity index (χ3n) is 2.74. The lowest BCUT2D eigenvalue weighted by Crippen LogP contribution is -2.25. The van der Waals surface area contributed by atoms with Gasteiger partial charge in [0.05, 0.1) is 11.5 Å². The molecule has 0 radical (unpaired) electrons. The van der Waals surface area contributed by atoms with E-state index in [9.17, 15) is 14.0 Å². The first-order valence-corrected chi connectivity index (χ1v) is 8.00. The molecule has 1 aromatic heterocycles. The molecule has 0 aliphatic heterocycles. The maximum absolute atomic E-state index is 13.0. The van der Waals surface area contributed by atoms with Crippen molar-refractivity contribution in [1.29, 1.82) is 0 Å². The molecule has 0 bridgehead atoms. The molecule has 0 aliphatic carbocycles. The molecular weight excluding hydrogens is 321 g/mol. The Labute approximate surface area is 136 Å². The molecule has 2 amide bonds. The fraction of sp³-hybridized carbons (Fsp3) is 0.267. The maximum Gasteiger partial charge on any atom is 0.235 e. The Balaban J connectivity index is 1.63. The van der Waals surface area contributed by atoms with Crippen molar-refractivity contribution >= 4 is 29.4 Å². The molecule has 0 fully saturated rings. The van der Waals surface area contributed by atoms with Crippen molar-refractivity contribution in [3.8, 4) is 0 Å². The van der Waals surface area contributed by atoms with Crippen LogP contribution in [-0.2, 0) is 16.1 Å². The molecule has 122 valence electrons. The zero-order valence-corrected chi connectivity index (χ0v) is 13.3. The number of hydrogen-bond donors (Lipinski definition) is 2. The average molecular weight is 337 g/mol. The van der Waals surface area contributed by atoms with Crippen LogP contribution in [0.1, 0.15) is 11.3 Å². The van der Waals surface area contributed by atoms with E-state index in [-0.39, 0.29) is 35.7 Å². The van der Waals surface area contributed by atoms with E-state index in [4.69, 9.17) is 4.52 Å². The normalized spacial score (nSPS) is 10.3. The van der Waals surface area contributed by atoms with Crippen molar-refractivity contribution in [2.24, 2.45) is 0 Å². The van der Waals surface area contributed by atoms with Crippen molar-refractivity contribution in [3.63, 3.8) is 0 Å². The second-order valence-corrected chi connectivity index (χ2v) is 5.76. The van der Waals surface area contributed by atoms with Crippen molar-refractivity contribution < 1.29 is 18.5 Å². The van der Waals surface area contributed by atoms with Gasteiger partial charge < -0.3 is 15.2 Å². The molecule has 0 aliphatic rings. The largest absolute Gasteiger partial charge is 0.360 e. The van der Waals surface area contributed by atoms with Crippen LogP contribution in [0.3, 0.4) is 0 Å². The van der Waals surface area contributed by atoms with Gasteiger partial charge in [0, 0.05) is 12.6 Å². The summed E-state index contributed by atoms with van der Waals surface area (Å²) in [5.41, 5.74) is 0.683. The number of thioether (sulfide) groups is 1. The third-order valence-corrected chi connectivity index (χ3v) is 3.67. The Hall–Kier alpha value is -2.35. The topological polar surface area (TPSA) is 84.2 Å². The first kappa shape index (κ1) is 17.0. The number of hydrogen-bond acceptors (Lipinski definition) is 5. The zero-order valence-electron chi connectivity index (χ0n) is 12.5. The highest BCUT2D eigenvalue weighted by Crippen LogP contribution is 2.08. The van der Waals surface area contributed by atoms with Gasteiger partial charge in [0.1, 0.15) is 11.6 Å². The van der Waals surface area contributed by atoms with Crippen LogP contribution >= 0.6 is 11.8 Å². The fourth-order valence-corrected chi connectivity index (χ4v) is 2.39. The number of anilines is 1. The predicted octanol–water partition coefficient (Wildman–Crippen LogP) is 2.11. The molecule has 2 rings (SSSR count). The number of aryl methyl sites for hydroxylation is 1. The van der Waals surface area contributed by atoms with Crippen LogP contribution < -0.4 is 10.6 Å². The Morgan fingerprint density at radius 3 is 2.74 bits per heavy atom. The second kappa shape index (κ2) is 8.33. The van der Waals surface area contributed by atoms with Crippen LogP contribution in [0.4, 0.5) is 10.2 Å². The van der Waals surface area contributed by atoms with Gasteiger partial charge in [-0.15, -0.1) is 11.8 Å². The number of benzene rings is 1. The number of carbonyl (C=O) groups excluding carboxylic acids is 2. The molecule has 0 saturated heterocycles. The number of amides is 2. The first-order valence-electron chi connectivity index (χ1n) is 6.85. The number of rotatable bonds is 7. The smallest absolute Gasteiger partial charge is 0.235 e. The minimum absolute atomic E-state index is 0.124. The van der Waals surface area contributed by atoms with Crippen molar-refractivity contribution in [1.82, 2.24) is 10.5 Å². The summed E-state index contributed by atoms with van der Waals surface area (Å²) in [5.74, 6) is 0.393. The van der Waals surface area contributed by atoms with Crippen LogP contribution in [0.15, 0.2) is 34.9 Å². The molecule has 6 nitrogen and oxygen atoms in total. The van der Waals surface area contributed by atoms with Crippen LogP contribution in [0.5, 0.6) is 0 Å². The zero-order chi connectivity index (χ0) is 16.7. The number of carbonyl (C=O) groups is 2. The van der Waals surface area contributed by atoms with Gasteiger partial charge in [-0.3, -0.25) is 9.59 Å². The van der Waals surface area contributed by atoms with Crippen LogP contribution in [-0.4, -0.2) is 28.5 Å². The first-order chi connectivity index (χ1) is 11.0. The average Bonchev–Trinajstić information content (AvgIpc) is 2.90. The minimum atomic E-state index is -0.342. The van der Waals surface area contributed by atoms with Gasteiger partial charge in [0.25, 0.3) is 0 Å². The molecule has 0 unspecified atom stereocenters. The Morgan fingerprint density at radius 1 is 1.26 bits per heavy atom. The Morgan fingerprint density at radius 2 is 2.04 bits per heavy atom. The lowest BCUT2D eigenvalue weighted by atomic mass is 10.2. The third kappa shape index (κ3) is 6.11. The molecule has 8 heteroatoms. The standard InChI is InChI=1S/C15H16FN3O3S/c1-10-5-13(19-22-10)18-15(21)9-23-8-14(20)17-7-11-3-2-4-12(16)6-11/h2-6H,7-9H2,1H3,(H,17,20)(H,18,19,21). The Kier molecular flexibility index (Phi) is 6.16. The van der Waals surface area contributed by atoms with Crippen LogP contribution in [0.25, 0.3) is 0 Å². The van der Waals surface area contributed by atoms with Gasteiger partial charge in [-0.2, -0.15) is 0 Å². The SMILES string of the molecule is Cc1cc(NC(=O)CSCC(=O)NCc2cccc(F)c2)no1. The summed E-state index contributed by atoms with van der Waals surface area (Å²) in [6.07, 6.45) is 0. The van der Waals surface area contributed by atoms with Crippen molar-refractivity contribution in [2.45, 2.75) is 13.5 Å². The van der Waals surface area contributed by atoms with E-state index >= 15 is 0 Å². The monoisotopic (exact) mass is 337 g/mol. The summed E-state index contributed by atoms with van der Waals surface area (Å²) in [7, 11) is 0. The number of nitrogens with zero attached hydrogens (tertiary/aromatic N) is 1. The molecule has 2 N–H and O–H groups in total. The van der Waals surface area contributed by atoms with Gasteiger partial charge in [0.15, 0.2) is 5.82 Å². The lowest BCUT2D eigenvalue weighted by molar-refractivity contribution is -0.118. The van der Waals surface area contributed by atoms with Crippen molar-refractivity contribution in [2.75, 3.05) is 16.8 Å². The second-order valence-electron chi connectivity index (χ2n) is 4.77. The molecule has 0 spiro atoms. The summed E-state index contributed by atoms with van der Waals surface area (Å²) in [5, 5.41) is 8.87. The van der Waals surface area contributed by atoms with Crippen LogP contribution in [0.2, 0.25) is 0 Å². The van der Waals surface area contributed by atoms with E-state index in [1.807, 2.05) is 0 Å². The maximum atomic E-state index is 13.0. The van der Waals surface area contributed by atoms with Gasteiger partial charge in [0.2, 0.25) is 11.8 Å².